The lowest BCUT2D eigenvalue weighted by molar-refractivity contribution is -0.0245. The minimum atomic E-state index is -0.398. The fraction of sp³-hybridized carbons (Fsp3) is 0.500. The summed E-state index contributed by atoms with van der Waals surface area (Å²) >= 11 is 5.91. The van der Waals surface area contributed by atoms with Crippen molar-refractivity contribution in [1.82, 2.24) is 4.98 Å². The van der Waals surface area contributed by atoms with E-state index in [1.54, 1.807) is 19.4 Å². The summed E-state index contributed by atoms with van der Waals surface area (Å²) in [5.74, 6) is 0. The Hall–Kier alpha value is -0.640. The van der Waals surface area contributed by atoms with Crippen molar-refractivity contribution in [2.24, 2.45) is 0 Å². The van der Waals surface area contributed by atoms with Gasteiger partial charge < -0.3 is 9.47 Å². The summed E-state index contributed by atoms with van der Waals surface area (Å²) in [5, 5.41) is 0.679. The van der Waals surface area contributed by atoms with Crippen molar-refractivity contribution in [2.45, 2.75) is 12.0 Å². The number of hydrogen-bond acceptors (Lipinski definition) is 3. The molecule has 0 bridgehead atoms. The number of rotatable bonds is 2. The minimum absolute atomic E-state index is 0.398. The van der Waals surface area contributed by atoms with Gasteiger partial charge in [0.15, 0.2) is 0 Å². The van der Waals surface area contributed by atoms with Gasteiger partial charge in [-0.2, -0.15) is 0 Å². The first-order chi connectivity index (χ1) is 6.77. The van der Waals surface area contributed by atoms with Crippen LogP contribution in [0, 0.1) is 0 Å². The molecule has 2 heterocycles. The highest BCUT2D eigenvalue weighted by atomic mass is 35.5. The lowest BCUT2D eigenvalue weighted by atomic mass is 9.98. The molecule has 0 radical (unpaired) electrons. The van der Waals surface area contributed by atoms with E-state index in [9.17, 15) is 0 Å². The van der Waals surface area contributed by atoms with Crippen LogP contribution < -0.4 is 0 Å². The van der Waals surface area contributed by atoms with Crippen LogP contribution in [0.5, 0.6) is 0 Å². The first-order valence-electron chi connectivity index (χ1n) is 4.52. The molecule has 1 atom stereocenters. The quantitative estimate of drug-likeness (QED) is 0.753. The standard InChI is InChI=1S/C10H12ClNO2/c1-13-10(3-5-14-7-10)9-6-8(11)2-4-12-9/h2,4,6H,3,5,7H2,1H3. The third kappa shape index (κ3) is 1.63. The lowest BCUT2D eigenvalue weighted by Crippen LogP contribution is -2.29. The van der Waals surface area contributed by atoms with Crippen molar-refractivity contribution in [1.29, 1.82) is 0 Å². The molecule has 1 aliphatic heterocycles. The monoisotopic (exact) mass is 213 g/mol. The van der Waals surface area contributed by atoms with E-state index >= 15 is 0 Å². The van der Waals surface area contributed by atoms with Crippen LogP contribution in [-0.2, 0) is 15.1 Å². The summed E-state index contributed by atoms with van der Waals surface area (Å²) in [6, 6.07) is 3.59. The molecule has 14 heavy (non-hydrogen) atoms. The Labute approximate surface area is 88.0 Å². The van der Waals surface area contributed by atoms with Gasteiger partial charge in [-0.05, 0) is 12.1 Å². The molecule has 0 spiro atoms. The molecule has 0 aromatic carbocycles. The predicted octanol–water partition coefficient (Wildman–Crippen LogP) is 2.00. The van der Waals surface area contributed by atoms with Gasteiger partial charge in [-0.3, -0.25) is 4.98 Å². The number of methoxy groups -OCH3 is 1. The molecule has 0 saturated carbocycles. The number of hydrogen-bond donors (Lipinski definition) is 0. The minimum Gasteiger partial charge on any atom is -0.378 e. The van der Waals surface area contributed by atoms with Crippen LogP contribution in [0.15, 0.2) is 18.3 Å². The Balaban J connectivity index is 2.35. The molecule has 76 valence electrons. The van der Waals surface area contributed by atoms with E-state index in [0.717, 1.165) is 12.1 Å². The first-order valence-corrected chi connectivity index (χ1v) is 4.89. The smallest absolute Gasteiger partial charge is 0.135 e. The van der Waals surface area contributed by atoms with Gasteiger partial charge in [0, 0.05) is 31.4 Å². The molecule has 1 saturated heterocycles. The first kappa shape index (κ1) is 9.90. The van der Waals surface area contributed by atoms with Crippen LogP contribution in [0.25, 0.3) is 0 Å². The van der Waals surface area contributed by atoms with Gasteiger partial charge >= 0.3 is 0 Å². The topological polar surface area (TPSA) is 31.4 Å². The number of halogens is 1. The molecule has 1 aliphatic rings. The molecular weight excluding hydrogens is 202 g/mol. The van der Waals surface area contributed by atoms with E-state index < -0.39 is 5.60 Å². The lowest BCUT2D eigenvalue weighted by Gasteiger charge is -2.24. The summed E-state index contributed by atoms with van der Waals surface area (Å²) in [5.41, 5.74) is 0.454. The maximum Gasteiger partial charge on any atom is 0.135 e. The number of ether oxygens (including phenoxy) is 2. The molecule has 0 amide bonds. The molecule has 0 aliphatic carbocycles. The normalized spacial score (nSPS) is 26.7. The number of pyridine rings is 1. The third-order valence-electron chi connectivity index (χ3n) is 2.56. The largest absolute Gasteiger partial charge is 0.378 e. The summed E-state index contributed by atoms with van der Waals surface area (Å²) in [7, 11) is 1.68. The summed E-state index contributed by atoms with van der Waals surface area (Å²) in [4.78, 5) is 4.28. The van der Waals surface area contributed by atoms with Gasteiger partial charge in [-0.1, -0.05) is 11.6 Å². The summed E-state index contributed by atoms with van der Waals surface area (Å²) in [6.07, 6.45) is 2.52. The Morgan fingerprint density at radius 3 is 3.07 bits per heavy atom. The SMILES string of the molecule is COC1(c2cc(Cl)ccn2)CCOC1. The van der Waals surface area contributed by atoms with E-state index in [-0.39, 0.29) is 0 Å². The second kappa shape index (κ2) is 3.85. The van der Waals surface area contributed by atoms with Gasteiger partial charge in [0.2, 0.25) is 0 Å². The molecule has 3 nitrogen and oxygen atoms in total. The van der Waals surface area contributed by atoms with Gasteiger partial charge in [-0.15, -0.1) is 0 Å². The molecule has 0 N–H and O–H groups in total. The maximum absolute atomic E-state index is 5.91. The molecule has 1 unspecified atom stereocenters. The van der Waals surface area contributed by atoms with Crippen LogP contribution in [0.2, 0.25) is 5.02 Å². The van der Waals surface area contributed by atoms with Crippen LogP contribution >= 0.6 is 11.6 Å². The highest BCUT2D eigenvalue weighted by Gasteiger charge is 2.38. The fourth-order valence-electron chi connectivity index (χ4n) is 1.67. The molecular formula is C10H12ClNO2. The van der Waals surface area contributed by atoms with Crippen LogP contribution in [-0.4, -0.2) is 25.3 Å². The second-order valence-corrected chi connectivity index (χ2v) is 3.80. The number of aromatic nitrogens is 1. The summed E-state index contributed by atoms with van der Waals surface area (Å²) in [6.45, 7) is 1.26. The molecule has 1 fully saturated rings. The van der Waals surface area contributed by atoms with E-state index in [2.05, 4.69) is 4.98 Å². The Bertz CT molecular complexity index is 324. The van der Waals surface area contributed by atoms with Crippen LogP contribution in [0.3, 0.4) is 0 Å². The van der Waals surface area contributed by atoms with Crippen LogP contribution in [0.4, 0.5) is 0 Å². The van der Waals surface area contributed by atoms with Crippen LogP contribution in [0.1, 0.15) is 12.1 Å². The van der Waals surface area contributed by atoms with Crippen molar-refractivity contribution in [3.8, 4) is 0 Å². The molecule has 2 rings (SSSR count). The zero-order valence-electron chi connectivity index (χ0n) is 8.00. The van der Waals surface area contributed by atoms with Crippen molar-refractivity contribution < 1.29 is 9.47 Å². The zero-order chi connectivity index (χ0) is 10.0. The number of nitrogens with zero attached hydrogens (tertiary/aromatic N) is 1. The highest BCUT2D eigenvalue weighted by Crippen LogP contribution is 2.33. The zero-order valence-corrected chi connectivity index (χ0v) is 8.75. The van der Waals surface area contributed by atoms with E-state index in [0.29, 0.717) is 18.2 Å². The van der Waals surface area contributed by atoms with Crippen molar-refractivity contribution in [2.75, 3.05) is 20.3 Å². The van der Waals surface area contributed by atoms with Gasteiger partial charge in [-0.25, -0.2) is 0 Å². The molecule has 1 aromatic heterocycles. The van der Waals surface area contributed by atoms with E-state index in [4.69, 9.17) is 21.1 Å². The van der Waals surface area contributed by atoms with Gasteiger partial charge in [0.05, 0.1) is 12.3 Å². The van der Waals surface area contributed by atoms with Crippen molar-refractivity contribution >= 4 is 11.6 Å². The second-order valence-electron chi connectivity index (χ2n) is 3.36. The fourth-order valence-corrected chi connectivity index (χ4v) is 1.83. The average Bonchev–Trinajstić information content (AvgIpc) is 2.67. The predicted molar refractivity (Wildman–Crippen MR) is 53.4 cm³/mol. The van der Waals surface area contributed by atoms with Crippen molar-refractivity contribution in [3.63, 3.8) is 0 Å². The van der Waals surface area contributed by atoms with Gasteiger partial charge in [0.1, 0.15) is 5.60 Å². The molecule has 4 heteroatoms. The van der Waals surface area contributed by atoms with E-state index in [1.807, 2.05) is 6.07 Å². The molecule has 1 aromatic rings. The summed E-state index contributed by atoms with van der Waals surface area (Å²) < 4.78 is 10.8. The Morgan fingerprint density at radius 2 is 2.50 bits per heavy atom. The van der Waals surface area contributed by atoms with Gasteiger partial charge in [0.25, 0.3) is 0 Å². The third-order valence-corrected chi connectivity index (χ3v) is 2.80. The van der Waals surface area contributed by atoms with E-state index in [1.165, 1.54) is 0 Å². The maximum atomic E-state index is 5.91. The highest BCUT2D eigenvalue weighted by molar-refractivity contribution is 6.30. The van der Waals surface area contributed by atoms with Crippen molar-refractivity contribution in [3.05, 3.63) is 29.0 Å². The Kier molecular flexibility index (Phi) is 2.72. The average molecular weight is 214 g/mol. The Morgan fingerprint density at radius 1 is 1.64 bits per heavy atom.